The molecule has 3 aromatic rings. The Morgan fingerprint density at radius 2 is 2.07 bits per heavy atom. The van der Waals surface area contributed by atoms with E-state index in [9.17, 15) is 10.1 Å². The van der Waals surface area contributed by atoms with Gasteiger partial charge in [0.05, 0.1) is 13.2 Å². The van der Waals surface area contributed by atoms with E-state index in [4.69, 9.17) is 16.3 Å². The first kappa shape index (κ1) is 20.2. The number of H-pyrrole nitrogens is 1. The number of nitriles is 1. The zero-order valence-corrected chi connectivity index (χ0v) is 16.6. The fraction of sp³-hybridized carbons (Fsp3) is 0.190. The number of pyridine rings is 1. The lowest BCUT2D eigenvalue weighted by atomic mass is 10.1. The molecule has 0 spiro atoms. The lowest BCUT2D eigenvalue weighted by molar-refractivity contribution is -0.327. The topological polar surface area (TPSA) is 100 Å². The summed E-state index contributed by atoms with van der Waals surface area (Å²) >= 11 is 5.90. The number of aromatic amines is 1. The highest BCUT2D eigenvalue weighted by atomic mass is 35.5. The van der Waals surface area contributed by atoms with Gasteiger partial charge in [0.1, 0.15) is 29.4 Å². The molecule has 0 fully saturated rings. The third-order valence-corrected chi connectivity index (χ3v) is 4.31. The first-order valence-electron chi connectivity index (χ1n) is 9.16. The van der Waals surface area contributed by atoms with E-state index in [0.717, 1.165) is 16.7 Å². The van der Waals surface area contributed by atoms with Crippen molar-refractivity contribution in [3.8, 4) is 11.8 Å². The Labute approximate surface area is 173 Å². The average molecular weight is 411 g/mol. The molecule has 1 aromatic heterocycles. The molecule has 0 bridgehead atoms. The SMILES string of the molecule is CCOc1ccc2[nH+]c(NCCNC(=O)Nc3cccc(Cl)c3)c(C#N)cc2c1. The van der Waals surface area contributed by atoms with Crippen LogP contribution in [0.25, 0.3) is 10.9 Å². The summed E-state index contributed by atoms with van der Waals surface area (Å²) in [5, 5.41) is 19.5. The molecule has 1 heterocycles. The first-order chi connectivity index (χ1) is 14.1. The van der Waals surface area contributed by atoms with Crippen molar-refractivity contribution < 1.29 is 14.5 Å². The molecule has 148 valence electrons. The molecule has 0 aliphatic carbocycles. The number of carbonyl (C=O) groups is 1. The highest BCUT2D eigenvalue weighted by Gasteiger charge is 2.13. The molecular weight excluding hydrogens is 390 g/mol. The van der Waals surface area contributed by atoms with Gasteiger partial charge in [-0.05, 0) is 49.4 Å². The van der Waals surface area contributed by atoms with Crippen molar-refractivity contribution >= 4 is 40.0 Å². The van der Waals surface area contributed by atoms with Crippen LogP contribution >= 0.6 is 11.6 Å². The minimum atomic E-state index is -0.333. The van der Waals surface area contributed by atoms with E-state index in [2.05, 4.69) is 27.0 Å². The third kappa shape index (κ3) is 5.50. The summed E-state index contributed by atoms with van der Waals surface area (Å²) in [6, 6.07) is 16.2. The Kier molecular flexibility index (Phi) is 6.72. The number of ether oxygens (including phenoxy) is 1. The maximum atomic E-state index is 12.0. The molecule has 7 nitrogen and oxygen atoms in total. The van der Waals surface area contributed by atoms with Gasteiger partial charge in [0.25, 0.3) is 5.82 Å². The number of halogens is 1. The molecule has 8 heteroatoms. The van der Waals surface area contributed by atoms with Crippen LogP contribution in [-0.4, -0.2) is 25.7 Å². The second kappa shape index (κ2) is 9.62. The minimum absolute atomic E-state index is 0.333. The number of hydrogen-bond acceptors (Lipinski definition) is 4. The predicted octanol–water partition coefficient (Wildman–Crippen LogP) is 3.81. The summed E-state index contributed by atoms with van der Waals surface area (Å²) in [6.45, 7) is 3.31. The lowest BCUT2D eigenvalue weighted by Crippen LogP contribution is -2.33. The van der Waals surface area contributed by atoms with Crippen molar-refractivity contribution in [3.05, 3.63) is 59.1 Å². The van der Waals surface area contributed by atoms with Crippen LogP contribution in [-0.2, 0) is 0 Å². The molecule has 0 radical (unpaired) electrons. The second-order valence-corrected chi connectivity index (χ2v) is 6.61. The standard InChI is InChI=1S/C21H20ClN5O2/c1-2-29-18-6-7-19-14(11-18)10-15(13-23)20(27-19)24-8-9-25-21(28)26-17-5-3-4-16(22)12-17/h3-7,10-12H,2,8-9H2,1H3,(H,24,27)(H2,25,26,28)/p+1. The number of benzene rings is 2. The monoisotopic (exact) mass is 410 g/mol. The van der Waals surface area contributed by atoms with E-state index >= 15 is 0 Å². The van der Waals surface area contributed by atoms with Gasteiger partial charge in [0.2, 0.25) is 0 Å². The zero-order chi connectivity index (χ0) is 20.6. The Balaban J connectivity index is 1.57. The molecule has 2 aromatic carbocycles. The fourth-order valence-corrected chi connectivity index (χ4v) is 2.98. The minimum Gasteiger partial charge on any atom is -0.494 e. The molecule has 0 saturated heterocycles. The summed E-state index contributed by atoms with van der Waals surface area (Å²) in [7, 11) is 0. The van der Waals surface area contributed by atoms with Gasteiger partial charge in [-0.15, -0.1) is 0 Å². The van der Waals surface area contributed by atoms with E-state index in [1.807, 2.05) is 25.1 Å². The first-order valence-corrected chi connectivity index (χ1v) is 9.54. The van der Waals surface area contributed by atoms with Gasteiger partial charge < -0.3 is 15.4 Å². The van der Waals surface area contributed by atoms with E-state index in [-0.39, 0.29) is 6.03 Å². The van der Waals surface area contributed by atoms with Crippen molar-refractivity contribution in [3.63, 3.8) is 0 Å². The number of carbonyl (C=O) groups excluding carboxylic acids is 1. The summed E-state index contributed by atoms with van der Waals surface area (Å²) < 4.78 is 5.50. The Hall–Kier alpha value is -3.50. The number of nitrogens with one attached hydrogen (secondary N) is 4. The number of nitrogens with zero attached hydrogens (tertiary/aromatic N) is 1. The summed E-state index contributed by atoms with van der Waals surface area (Å²) in [5.74, 6) is 1.36. The van der Waals surface area contributed by atoms with Crippen molar-refractivity contribution in [2.45, 2.75) is 6.92 Å². The molecule has 4 N–H and O–H groups in total. The van der Waals surface area contributed by atoms with Crippen LogP contribution < -0.4 is 25.7 Å². The van der Waals surface area contributed by atoms with Crippen LogP contribution in [0, 0.1) is 11.3 Å². The normalized spacial score (nSPS) is 10.2. The molecule has 0 unspecified atom stereocenters. The van der Waals surface area contributed by atoms with Crippen LogP contribution in [0.4, 0.5) is 16.3 Å². The number of fused-ring (bicyclic) bond motifs is 1. The van der Waals surface area contributed by atoms with Gasteiger partial charge in [-0.2, -0.15) is 5.26 Å². The fourth-order valence-electron chi connectivity index (χ4n) is 2.79. The Morgan fingerprint density at radius 1 is 1.21 bits per heavy atom. The van der Waals surface area contributed by atoms with Crippen molar-refractivity contribution in [1.82, 2.24) is 5.32 Å². The third-order valence-electron chi connectivity index (χ3n) is 4.08. The summed E-state index contributed by atoms with van der Waals surface area (Å²) in [4.78, 5) is 15.2. The molecule has 2 amide bonds. The smallest absolute Gasteiger partial charge is 0.319 e. The van der Waals surface area contributed by atoms with E-state index in [0.29, 0.717) is 41.8 Å². The van der Waals surface area contributed by atoms with Crippen molar-refractivity contribution in [1.29, 1.82) is 5.26 Å². The predicted molar refractivity (Wildman–Crippen MR) is 113 cm³/mol. The number of hydrogen-bond donors (Lipinski definition) is 3. The van der Waals surface area contributed by atoms with Gasteiger partial charge in [-0.25, -0.2) is 9.78 Å². The van der Waals surface area contributed by atoms with Crippen LogP contribution in [0.15, 0.2) is 48.5 Å². The Bertz CT molecular complexity index is 1060. The quantitative estimate of drug-likeness (QED) is 0.515. The molecule has 0 saturated carbocycles. The highest BCUT2D eigenvalue weighted by Crippen LogP contribution is 2.21. The van der Waals surface area contributed by atoms with Crippen molar-refractivity contribution in [2.75, 3.05) is 30.3 Å². The van der Waals surface area contributed by atoms with E-state index < -0.39 is 0 Å². The maximum Gasteiger partial charge on any atom is 0.319 e. The van der Waals surface area contributed by atoms with Crippen LogP contribution in [0.1, 0.15) is 12.5 Å². The van der Waals surface area contributed by atoms with Crippen molar-refractivity contribution in [2.24, 2.45) is 0 Å². The zero-order valence-electron chi connectivity index (χ0n) is 15.9. The average Bonchev–Trinajstić information content (AvgIpc) is 2.71. The lowest BCUT2D eigenvalue weighted by Gasteiger charge is -2.08. The van der Waals surface area contributed by atoms with Crippen LogP contribution in [0.2, 0.25) is 5.02 Å². The number of rotatable bonds is 7. The van der Waals surface area contributed by atoms with Gasteiger partial charge >= 0.3 is 6.03 Å². The highest BCUT2D eigenvalue weighted by molar-refractivity contribution is 6.30. The molecule has 0 atom stereocenters. The van der Waals surface area contributed by atoms with Crippen LogP contribution in [0.5, 0.6) is 5.75 Å². The number of amides is 2. The van der Waals surface area contributed by atoms with E-state index in [1.54, 1.807) is 30.3 Å². The van der Waals surface area contributed by atoms with Gasteiger partial charge in [0, 0.05) is 16.1 Å². The largest absolute Gasteiger partial charge is 0.494 e. The number of urea groups is 1. The summed E-state index contributed by atoms with van der Waals surface area (Å²) in [6.07, 6.45) is 0. The Morgan fingerprint density at radius 3 is 2.83 bits per heavy atom. The molecule has 3 rings (SSSR count). The second-order valence-electron chi connectivity index (χ2n) is 6.17. The van der Waals surface area contributed by atoms with Gasteiger partial charge in [0.15, 0.2) is 0 Å². The maximum absolute atomic E-state index is 12.0. The molecular formula is C21H21ClN5O2+. The van der Waals surface area contributed by atoms with Gasteiger partial charge in [-0.3, -0.25) is 5.32 Å². The summed E-state index contributed by atoms with van der Waals surface area (Å²) in [5.41, 5.74) is 1.97. The molecule has 0 aliphatic heterocycles. The van der Waals surface area contributed by atoms with E-state index in [1.165, 1.54) is 0 Å². The number of aromatic nitrogens is 1. The van der Waals surface area contributed by atoms with Crippen LogP contribution in [0.3, 0.4) is 0 Å². The molecule has 29 heavy (non-hydrogen) atoms. The number of anilines is 2. The van der Waals surface area contributed by atoms with Gasteiger partial charge in [-0.1, -0.05) is 17.7 Å². The molecule has 0 aliphatic rings.